The molecular formula is C17H24ClF3N2O3S. The van der Waals surface area contributed by atoms with Crippen molar-refractivity contribution in [2.45, 2.75) is 37.4 Å². The van der Waals surface area contributed by atoms with Gasteiger partial charge in [0.1, 0.15) is 9.84 Å². The zero-order valence-corrected chi connectivity index (χ0v) is 16.5. The van der Waals surface area contributed by atoms with Crippen LogP contribution in [-0.4, -0.2) is 50.4 Å². The van der Waals surface area contributed by atoms with Crippen molar-refractivity contribution >= 4 is 28.2 Å². The van der Waals surface area contributed by atoms with E-state index in [1.165, 1.54) is 12.1 Å². The van der Waals surface area contributed by atoms with Crippen LogP contribution >= 0.6 is 12.4 Å². The topological polar surface area (TPSA) is 80.5 Å². The van der Waals surface area contributed by atoms with Gasteiger partial charge in [-0.25, -0.2) is 8.42 Å². The highest BCUT2D eigenvalue weighted by molar-refractivity contribution is 7.90. The molecule has 1 aliphatic rings. The summed E-state index contributed by atoms with van der Waals surface area (Å²) < 4.78 is 60.2. The first-order valence-corrected chi connectivity index (χ1v) is 10.4. The number of halogens is 4. The first-order chi connectivity index (χ1) is 12.0. The van der Waals surface area contributed by atoms with Crippen LogP contribution in [0.4, 0.5) is 13.2 Å². The number of hydrogen-bond donors (Lipinski definition) is 1. The quantitative estimate of drug-likeness (QED) is 0.781. The largest absolute Gasteiger partial charge is 0.416 e. The Balaban J connectivity index is 0.00000364. The number of sulfone groups is 1. The minimum Gasteiger partial charge on any atom is -0.341 e. The molecule has 1 amide bonds. The molecule has 0 aliphatic carbocycles. The third kappa shape index (κ3) is 6.97. The Morgan fingerprint density at radius 2 is 1.74 bits per heavy atom. The average Bonchev–Trinajstić information content (AvgIpc) is 2.58. The van der Waals surface area contributed by atoms with Gasteiger partial charge in [-0.1, -0.05) is 12.1 Å². The second kappa shape index (κ2) is 9.25. The normalized spacial score (nSPS) is 17.3. The molecule has 2 rings (SSSR count). The molecule has 1 aromatic carbocycles. The Hall–Kier alpha value is -1.32. The molecule has 10 heteroatoms. The van der Waals surface area contributed by atoms with Crippen molar-refractivity contribution < 1.29 is 26.4 Å². The van der Waals surface area contributed by atoms with Crippen LogP contribution in [0.2, 0.25) is 0 Å². The molecule has 0 radical (unpaired) electrons. The van der Waals surface area contributed by atoms with Gasteiger partial charge in [0.2, 0.25) is 5.91 Å². The van der Waals surface area contributed by atoms with Crippen molar-refractivity contribution in [3.8, 4) is 0 Å². The summed E-state index contributed by atoms with van der Waals surface area (Å²) in [6.45, 7) is 0.911. The predicted octanol–water partition coefficient (Wildman–Crippen LogP) is 2.60. The Kier molecular flexibility index (Phi) is 8.13. The molecule has 2 N–H and O–H groups in total. The molecule has 1 atom stereocenters. The van der Waals surface area contributed by atoms with Crippen LogP contribution in [0.3, 0.4) is 0 Å². The third-order valence-electron chi connectivity index (χ3n) is 4.63. The molecule has 27 heavy (non-hydrogen) atoms. The zero-order chi connectivity index (χ0) is 19.5. The van der Waals surface area contributed by atoms with E-state index in [0.717, 1.165) is 24.0 Å². The first-order valence-electron chi connectivity index (χ1n) is 8.36. The molecule has 1 aromatic rings. The number of benzene rings is 1. The molecule has 0 saturated carbocycles. The van der Waals surface area contributed by atoms with E-state index >= 15 is 0 Å². The molecule has 1 aliphatic heterocycles. The van der Waals surface area contributed by atoms with Gasteiger partial charge in [-0.15, -0.1) is 12.4 Å². The van der Waals surface area contributed by atoms with Gasteiger partial charge in [0.25, 0.3) is 0 Å². The smallest absolute Gasteiger partial charge is 0.341 e. The number of amides is 1. The first kappa shape index (κ1) is 23.7. The number of alkyl halides is 3. The van der Waals surface area contributed by atoms with Crippen molar-refractivity contribution in [1.82, 2.24) is 4.90 Å². The average molecular weight is 429 g/mol. The third-order valence-corrected chi connectivity index (χ3v) is 5.61. The van der Waals surface area contributed by atoms with Crippen molar-refractivity contribution in [1.29, 1.82) is 0 Å². The summed E-state index contributed by atoms with van der Waals surface area (Å²) in [5.74, 6) is -0.324. The summed E-state index contributed by atoms with van der Waals surface area (Å²) >= 11 is 0. The van der Waals surface area contributed by atoms with E-state index in [2.05, 4.69) is 0 Å². The van der Waals surface area contributed by atoms with Crippen LogP contribution in [0.5, 0.6) is 0 Å². The van der Waals surface area contributed by atoms with Crippen LogP contribution in [-0.2, 0) is 20.8 Å². The minimum absolute atomic E-state index is 0. The fraction of sp³-hybridized carbons (Fsp3) is 0.588. The van der Waals surface area contributed by atoms with Crippen LogP contribution in [0.1, 0.15) is 36.3 Å². The van der Waals surface area contributed by atoms with E-state index < -0.39 is 27.6 Å². The lowest BCUT2D eigenvalue weighted by atomic mass is 9.88. The molecule has 1 saturated heterocycles. The Bertz CT molecular complexity index is 731. The van der Waals surface area contributed by atoms with E-state index in [1.807, 2.05) is 0 Å². The van der Waals surface area contributed by atoms with Crippen molar-refractivity contribution in [3.05, 3.63) is 35.4 Å². The fourth-order valence-corrected chi connectivity index (χ4v) is 3.76. The maximum absolute atomic E-state index is 12.6. The lowest BCUT2D eigenvalue weighted by Gasteiger charge is -2.33. The van der Waals surface area contributed by atoms with Gasteiger partial charge in [-0.3, -0.25) is 4.79 Å². The van der Waals surface area contributed by atoms with E-state index in [-0.39, 0.29) is 36.4 Å². The zero-order valence-electron chi connectivity index (χ0n) is 14.9. The second-order valence-electron chi connectivity index (χ2n) is 6.74. The number of carbonyl (C=O) groups is 1. The molecule has 1 unspecified atom stereocenters. The monoisotopic (exact) mass is 428 g/mol. The highest BCUT2D eigenvalue weighted by Gasteiger charge is 2.31. The molecular weight excluding hydrogens is 405 g/mol. The van der Waals surface area contributed by atoms with E-state index in [0.29, 0.717) is 25.9 Å². The molecule has 5 nitrogen and oxygen atoms in total. The number of rotatable bonds is 5. The number of nitrogens with two attached hydrogens (primary N) is 1. The van der Waals surface area contributed by atoms with Gasteiger partial charge < -0.3 is 10.6 Å². The number of piperidine rings is 1. The molecule has 0 aromatic heterocycles. The summed E-state index contributed by atoms with van der Waals surface area (Å²) in [4.78, 5) is 13.9. The molecule has 0 bridgehead atoms. The van der Waals surface area contributed by atoms with E-state index in [4.69, 9.17) is 5.73 Å². The van der Waals surface area contributed by atoms with Crippen LogP contribution in [0.25, 0.3) is 0 Å². The Morgan fingerprint density at radius 3 is 2.19 bits per heavy atom. The second-order valence-corrected chi connectivity index (χ2v) is 9.00. The molecule has 0 spiro atoms. The van der Waals surface area contributed by atoms with Crippen LogP contribution in [0.15, 0.2) is 24.3 Å². The van der Waals surface area contributed by atoms with Crippen LogP contribution in [0, 0.1) is 0 Å². The predicted molar refractivity (Wildman–Crippen MR) is 99.6 cm³/mol. The summed E-state index contributed by atoms with van der Waals surface area (Å²) in [7, 11) is -3.17. The Morgan fingerprint density at radius 1 is 1.22 bits per heavy atom. The molecule has 1 fully saturated rings. The van der Waals surface area contributed by atoms with E-state index in [1.54, 1.807) is 4.90 Å². The highest BCUT2D eigenvalue weighted by Crippen LogP contribution is 2.33. The summed E-state index contributed by atoms with van der Waals surface area (Å²) in [6.07, 6.45) is -1.90. The summed E-state index contributed by atoms with van der Waals surface area (Å²) in [6, 6.07) is 4.28. The van der Waals surface area contributed by atoms with Gasteiger partial charge in [0.15, 0.2) is 0 Å². The van der Waals surface area contributed by atoms with Gasteiger partial charge in [-0.05, 0) is 42.9 Å². The van der Waals surface area contributed by atoms with E-state index in [9.17, 15) is 26.4 Å². The fourth-order valence-electron chi connectivity index (χ4n) is 3.08. The Labute approximate surface area is 163 Å². The van der Waals surface area contributed by atoms with Gasteiger partial charge in [-0.2, -0.15) is 13.2 Å². The SMILES string of the molecule is CS(=O)(=O)CCC(N)C(=O)N1CCC(c2ccc(C(F)(F)F)cc2)CC1.Cl. The van der Waals surface area contributed by atoms with Crippen molar-refractivity contribution in [3.63, 3.8) is 0 Å². The van der Waals surface area contributed by atoms with Gasteiger partial charge in [0, 0.05) is 19.3 Å². The van der Waals surface area contributed by atoms with Gasteiger partial charge >= 0.3 is 6.18 Å². The minimum atomic E-state index is -4.35. The maximum Gasteiger partial charge on any atom is 0.416 e. The summed E-state index contributed by atoms with van der Waals surface area (Å²) in [5.41, 5.74) is 5.95. The highest BCUT2D eigenvalue weighted by atomic mass is 35.5. The summed E-state index contributed by atoms with van der Waals surface area (Å²) in [5, 5.41) is 0. The number of carbonyl (C=O) groups excluding carboxylic acids is 1. The molecule has 1 heterocycles. The maximum atomic E-state index is 12.6. The number of hydrogen-bond acceptors (Lipinski definition) is 4. The van der Waals surface area contributed by atoms with Crippen molar-refractivity contribution in [2.24, 2.45) is 5.73 Å². The van der Waals surface area contributed by atoms with Gasteiger partial charge in [0.05, 0.1) is 17.4 Å². The number of nitrogens with zero attached hydrogens (tertiary/aromatic N) is 1. The molecule has 154 valence electrons. The van der Waals surface area contributed by atoms with Crippen molar-refractivity contribution in [2.75, 3.05) is 25.1 Å². The van der Waals surface area contributed by atoms with Crippen LogP contribution < -0.4 is 5.73 Å². The lowest BCUT2D eigenvalue weighted by Crippen LogP contribution is -2.47. The standard InChI is InChI=1S/C17H23F3N2O3S.ClH/c1-26(24,25)11-8-15(21)16(23)22-9-6-13(7-10-22)12-2-4-14(5-3-12)17(18,19)20;/h2-5,13,15H,6-11,21H2,1H3;1H. The number of likely N-dealkylation sites (tertiary alicyclic amines) is 1. The lowest BCUT2D eigenvalue weighted by molar-refractivity contribution is -0.137.